The van der Waals surface area contributed by atoms with Crippen molar-refractivity contribution in [1.82, 2.24) is 5.32 Å². The molecule has 0 aromatic heterocycles. The molecule has 1 amide bonds. The second-order valence-electron chi connectivity index (χ2n) is 5.24. The van der Waals surface area contributed by atoms with E-state index in [0.29, 0.717) is 6.54 Å². The number of nitrogens with one attached hydrogen (secondary N) is 1. The predicted octanol–water partition coefficient (Wildman–Crippen LogP) is 1.60. The lowest BCUT2D eigenvalue weighted by molar-refractivity contribution is -0.385. The van der Waals surface area contributed by atoms with Crippen LogP contribution in [0.15, 0.2) is 18.2 Å². The number of carbonyl (C=O) groups excluding carboxylic acids is 1. The lowest BCUT2D eigenvalue weighted by Gasteiger charge is -2.38. The Labute approximate surface area is 122 Å². The fourth-order valence-electron chi connectivity index (χ4n) is 2.30. The Morgan fingerprint density at radius 1 is 1.52 bits per heavy atom. The molecule has 21 heavy (non-hydrogen) atoms. The van der Waals surface area contributed by atoms with Gasteiger partial charge in [0, 0.05) is 18.2 Å². The first kappa shape index (κ1) is 15.2. The molecule has 1 aromatic rings. The second kappa shape index (κ2) is 6.09. The molecule has 1 aromatic carbocycles. The van der Waals surface area contributed by atoms with Crippen molar-refractivity contribution in [1.29, 1.82) is 0 Å². The number of nitro benzene ring substituents is 1. The summed E-state index contributed by atoms with van der Waals surface area (Å²) in [4.78, 5) is 22.7. The topological polar surface area (TPSA) is 107 Å². The minimum atomic E-state index is -0.557. The minimum Gasteiger partial charge on any atom is -0.487 e. The molecule has 1 aliphatic rings. The average Bonchev–Trinajstić information content (AvgIpc) is 2.43. The SMILES string of the molecule is CCOc1c(C(=O)NCC2(N)CCC2)cccc1[N+](=O)[O-]. The summed E-state index contributed by atoms with van der Waals surface area (Å²) in [5.41, 5.74) is 5.65. The Hall–Kier alpha value is -2.15. The molecule has 3 N–H and O–H groups in total. The van der Waals surface area contributed by atoms with E-state index < -0.39 is 10.8 Å². The Morgan fingerprint density at radius 2 is 2.24 bits per heavy atom. The zero-order chi connectivity index (χ0) is 15.5. The molecular weight excluding hydrogens is 274 g/mol. The summed E-state index contributed by atoms with van der Waals surface area (Å²) in [5.74, 6) is -0.402. The van der Waals surface area contributed by atoms with E-state index in [0.717, 1.165) is 19.3 Å². The lowest BCUT2D eigenvalue weighted by Crippen LogP contribution is -2.54. The second-order valence-corrected chi connectivity index (χ2v) is 5.24. The van der Waals surface area contributed by atoms with Gasteiger partial charge in [-0.25, -0.2) is 0 Å². The maximum absolute atomic E-state index is 12.2. The van der Waals surface area contributed by atoms with Gasteiger partial charge in [0.2, 0.25) is 5.75 Å². The number of para-hydroxylation sites is 1. The molecular formula is C14H19N3O4. The van der Waals surface area contributed by atoms with E-state index in [4.69, 9.17) is 10.5 Å². The van der Waals surface area contributed by atoms with Crippen LogP contribution in [0.5, 0.6) is 5.75 Å². The summed E-state index contributed by atoms with van der Waals surface area (Å²) in [7, 11) is 0. The maximum atomic E-state index is 12.2. The van der Waals surface area contributed by atoms with Crippen LogP contribution in [0.1, 0.15) is 36.5 Å². The highest BCUT2D eigenvalue weighted by molar-refractivity contribution is 5.98. The van der Waals surface area contributed by atoms with Crippen LogP contribution in [0.25, 0.3) is 0 Å². The number of hydrogen-bond acceptors (Lipinski definition) is 5. The number of hydrogen-bond donors (Lipinski definition) is 2. The number of nitrogens with zero attached hydrogens (tertiary/aromatic N) is 1. The molecule has 0 aliphatic heterocycles. The molecule has 0 heterocycles. The number of carbonyl (C=O) groups is 1. The van der Waals surface area contributed by atoms with Gasteiger partial charge in [-0.2, -0.15) is 0 Å². The van der Waals surface area contributed by atoms with Crippen molar-refractivity contribution in [3.8, 4) is 5.75 Å². The molecule has 0 bridgehead atoms. The van der Waals surface area contributed by atoms with Gasteiger partial charge in [0.1, 0.15) is 0 Å². The molecule has 0 atom stereocenters. The Balaban J connectivity index is 2.19. The third-order valence-corrected chi connectivity index (χ3v) is 3.67. The van der Waals surface area contributed by atoms with E-state index in [1.807, 2.05) is 0 Å². The van der Waals surface area contributed by atoms with Gasteiger partial charge in [-0.1, -0.05) is 6.07 Å². The number of ether oxygens (including phenoxy) is 1. The quantitative estimate of drug-likeness (QED) is 0.612. The Bertz CT molecular complexity index is 555. The maximum Gasteiger partial charge on any atom is 0.311 e. The highest BCUT2D eigenvalue weighted by Crippen LogP contribution is 2.31. The van der Waals surface area contributed by atoms with Gasteiger partial charge < -0.3 is 15.8 Å². The van der Waals surface area contributed by atoms with Crippen molar-refractivity contribution in [2.75, 3.05) is 13.2 Å². The van der Waals surface area contributed by atoms with Crippen LogP contribution in [0, 0.1) is 10.1 Å². The first-order valence-electron chi connectivity index (χ1n) is 6.94. The van der Waals surface area contributed by atoms with E-state index in [9.17, 15) is 14.9 Å². The van der Waals surface area contributed by atoms with Gasteiger partial charge in [-0.15, -0.1) is 0 Å². The zero-order valence-corrected chi connectivity index (χ0v) is 11.9. The van der Waals surface area contributed by atoms with Crippen molar-refractivity contribution in [3.63, 3.8) is 0 Å². The van der Waals surface area contributed by atoms with Gasteiger partial charge in [0.25, 0.3) is 5.91 Å². The Morgan fingerprint density at radius 3 is 2.76 bits per heavy atom. The van der Waals surface area contributed by atoms with Crippen LogP contribution in [0.2, 0.25) is 0 Å². The van der Waals surface area contributed by atoms with Gasteiger partial charge in [-0.3, -0.25) is 14.9 Å². The van der Waals surface area contributed by atoms with E-state index in [1.54, 1.807) is 6.92 Å². The summed E-state index contributed by atoms with van der Waals surface area (Å²) < 4.78 is 5.29. The number of amides is 1. The lowest BCUT2D eigenvalue weighted by atomic mass is 9.78. The molecule has 2 rings (SSSR count). The van der Waals surface area contributed by atoms with Crippen LogP contribution >= 0.6 is 0 Å². The third-order valence-electron chi connectivity index (χ3n) is 3.67. The molecule has 0 unspecified atom stereocenters. The molecule has 1 saturated carbocycles. The molecule has 7 nitrogen and oxygen atoms in total. The summed E-state index contributed by atoms with van der Waals surface area (Å²) in [6, 6.07) is 4.30. The van der Waals surface area contributed by atoms with E-state index in [2.05, 4.69) is 5.32 Å². The standard InChI is InChI=1S/C14H19N3O4/c1-2-21-12-10(5-3-6-11(12)17(19)20)13(18)16-9-14(15)7-4-8-14/h3,5-6H,2,4,7-9,15H2,1H3,(H,16,18). The number of nitrogens with two attached hydrogens (primary N) is 1. The van der Waals surface area contributed by atoms with Crippen LogP contribution in [-0.2, 0) is 0 Å². The number of rotatable bonds is 6. The zero-order valence-electron chi connectivity index (χ0n) is 11.9. The molecule has 0 saturated heterocycles. The summed E-state index contributed by atoms with van der Waals surface area (Å²) in [5, 5.41) is 13.8. The largest absolute Gasteiger partial charge is 0.487 e. The van der Waals surface area contributed by atoms with Gasteiger partial charge in [0.15, 0.2) is 0 Å². The van der Waals surface area contributed by atoms with Crippen molar-refractivity contribution < 1.29 is 14.5 Å². The monoisotopic (exact) mass is 293 g/mol. The predicted molar refractivity (Wildman–Crippen MR) is 77.4 cm³/mol. The summed E-state index contributed by atoms with van der Waals surface area (Å²) >= 11 is 0. The molecule has 1 aliphatic carbocycles. The normalized spacial score (nSPS) is 15.9. The van der Waals surface area contributed by atoms with Crippen molar-refractivity contribution in [2.45, 2.75) is 31.7 Å². The van der Waals surface area contributed by atoms with Gasteiger partial charge >= 0.3 is 5.69 Å². The highest BCUT2D eigenvalue weighted by Gasteiger charge is 2.33. The van der Waals surface area contributed by atoms with Crippen LogP contribution in [0.4, 0.5) is 5.69 Å². The first-order chi connectivity index (χ1) is 9.97. The molecule has 114 valence electrons. The van der Waals surface area contributed by atoms with Crippen LogP contribution in [-0.4, -0.2) is 29.5 Å². The smallest absolute Gasteiger partial charge is 0.311 e. The molecule has 1 fully saturated rings. The van der Waals surface area contributed by atoms with E-state index in [1.165, 1.54) is 18.2 Å². The van der Waals surface area contributed by atoms with Crippen LogP contribution in [0.3, 0.4) is 0 Å². The Kier molecular flexibility index (Phi) is 4.42. The average molecular weight is 293 g/mol. The van der Waals surface area contributed by atoms with Gasteiger partial charge in [0.05, 0.1) is 17.1 Å². The van der Waals surface area contributed by atoms with E-state index >= 15 is 0 Å². The first-order valence-corrected chi connectivity index (χ1v) is 6.94. The van der Waals surface area contributed by atoms with Crippen molar-refractivity contribution in [3.05, 3.63) is 33.9 Å². The highest BCUT2D eigenvalue weighted by atomic mass is 16.6. The fraction of sp³-hybridized carbons (Fsp3) is 0.500. The van der Waals surface area contributed by atoms with E-state index in [-0.39, 0.29) is 29.1 Å². The number of benzene rings is 1. The molecule has 7 heteroatoms. The molecule has 0 radical (unpaired) electrons. The summed E-state index contributed by atoms with van der Waals surface area (Å²) in [6.45, 7) is 2.31. The van der Waals surface area contributed by atoms with Crippen molar-refractivity contribution >= 4 is 11.6 Å². The van der Waals surface area contributed by atoms with Crippen LogP contribution < -0.4 is 15.8 Å². The summed E-state index contributed by atoms with van der Waals surface area (Å²) in [6.07, 6.45) is 2.81. The minimum absolute atomic E-state index is 0.00202. The fourth-order valence-corrected chi connectivity index (χ4v) is 2.30. The van der Waals surface area contributed by atoms with Crippen molar-refractivity contribution in [2.24, 2.45) is 5.73 Å². The number of nitro groups is 1. The third kappa shape index (κ3) is 3.30. The molecule has 0 spiro atoms. The van der Waals surface area contributed by atoms with Gasteiger partial charge in [-0.05, 0) is 32.3 Å².